The first kappa shape index (κ1) is 21.0. The van der Waals surface area contributed by atoms with E-state index in [1.807, 2.05) is 24.3 Å². The SMILES string of the molecule is COc1ccc([C@H]2CC(=O)c3cc(C(=O)Nc4cccc(C(=O)O)c4)c(=O)[nH]c3C2)cc1. The maximum Gasteiger partial charge on any atom is 0.335 e. The van der Waals surface area contributed by atoms with Crippen LogP contribution in [-0.2, 0) is 6.42 Å². The summed E-state index contributed by atoms with van der Waals surface area (Å²) in [7, 11) is 1.58. The number of ether oxygens (including phenoxy) is 1. The van der Waals surface area contributed by atoms with E-state index in [1.165, 1.54) is 30.3 Å². The van der Waals surface area contributed by atoms with E-state index in [9.17, 15) is 19.2 Å². The highest BCUT2D eigenvalue weighted by atomic mass is 16.5. The molecule has 0 fully saturated rings. The summed E-state index contributed by atoms with van der Waals surface area (Å²) in [4.78, 5) is 51.9. The van der Waals surface area contributed by atoms with Gasteiger partial charge >= 0.3 is 5.97 Å². The minimum absolute atomic E-state index is 0.00176. The number of carboxylic acid groups (broad SMARTS) is 1. The van der Waals surface area contributed by atoms with Gasteiger partial charge in [-0.25, -0.2) is 4.79 Å². The number of aromatic carboxylic acids is 1. The minimum atomic E-state index is -1.13. The Hall–Kier alpha value is -4.20. The molecular formula is C24H20N2O6. The highest BCUT2D eigenvalue weighted by Gasteiger charge is 2.29. The summed E-state index contributed by atoms with van der Waals surface area (Å²) in [6.45, 7) is 0. The van der Waals surface area contributed by atoms with E-state index in [0.717, 1.165) is 5.56 Å². The Morgan fingerprint density at radius 2 is 1.81 bits per heavy atom. The number of aromatic amines is 1. The predicted octanol–water partition coefficient (Wildman–Crippen LogP) is 3.25. The molecule has 1 heterocycles. The first-order valence-corrected chi connectivity index (χ1v) is 9.93. The van der Waals surface area contributed by atoms with Gasteiger partial charge in [-0.1, -0.05) is 18.2 Å². The molecule has 1 aliphatic carbocycles. The Labute approximate surface area is 182 Å². The van der Waals surface area contributed by atoms with Gasteiger partial charge in [0.2, 0.25) is 0 Å². The summed E-state index contributed by atoms with van der Waals surface area (Å²) in [5, 5.41) is 11.6. The fraction of sp³-hybridized carbons (Fsp3) is 0.167. The number of ketones is 1. The van der Waals surface area contributed by atoms with E-state index >= 15 is 0 Å². The van der Waals surface area contributed by atoms with E-state index in [4.69, 9.17) is 9.84 Å². The summed E-state index contributed by atoms with van der Waals surface area (Å²) in [6, 6.07) is 14.4. The highest BCUT2D eigenvalue weighted by molar-refractivity contribution is 6.07. The van der Waals surface area contributed by atoms with E-state index in [2.05, 4.69) is 10.3 Å². The van der Waals surface area contributed by atoms with Crippen LogP contribution in [-0.4, -0.2) is 34.9 Å². The second-order valence-corrected chi connectivity index (χ2v) is 7.55. The molecule has 1 atom stereocenters. The van der Waals surface area contributed by atoms with Crippen LogP contribution in [0.15, 0.2) is 59.4 Å². The lowest BCUT2D eigenvalue weighted by Crippen LogP contribution is -2.29. The quantitative estimate of drug-likeness (QED) is 0.568. The van der Waals surface area contributed by atoms with Crippen molar-refractivity contribution in [2.75, 3.05) is 12.4 Å². The molecule has 1 aromatic heterocycles. The van der Waals surface area contributed by atoms with Crippen molar-refractivity contribution in [3.05, 3.63) is 92.9 Å². The number of hydrogen-bond donors (Lipinski definition) is 3. The summed E-state index contributed by atoms with van der Waals surface area (Å²) < 4.78 is 5.16. The smallest absolute Gasteiger partial charge is 0.335 e. The van der Waals surface area contributed by atoms with Crippen molar-refractivity contribution in [2.24, 2.45) is 0 Å². The van der Waals surface area contributed by atoms with Gasteiger partial charge < -0.3 is 20.1 Å². The molecule has 0 saturated carbocycles. The summed E-state index contributed by atoms with van der Waals surface area (Å²) in [6.07, 6.45) is 0.721. The van der Waals surface area contributed by atoms with Gasteiger partial charge in [0.1, 0.15) is 11.3 Å². The van der Waals surface area contributed by atoms with Crippen LogP contribution in [0.4, 0.5) is 5.69 Å². The molecule has 8 nitrogen and oxygen atoms in total. The number of fused-ring (bicyclic) bond motifs is 1. The number of nitrogens with one attached hydrogen (secondary N) is 2. The molecule has 1 amide bonds. The molecule has 3 N–H and O–H groups in total. The second kappa shape index (κ2) is 8.50. The highest BCUT2D eigenvalue weighted by Crippen LogP contribution is 2.32. The number of benzene rings is 2. The van der Waals surface area contributed by atoms with Crippen molar-refractivity contribution >= 4 is 23.3 Å². The molecule has 162 valence electrons. The van der Waals surface area contributed by atoms with Crippen LogP contribution in [0.5, 0.6) is 5.75 Å². The Balaban J connectivity index is 1.59. The van der Waals surface area contributed by atoms with Gasteiger partial charge in [0.05, 0.1) is 12.7 Å². The number of aromatic nitrogens is 1. The van der Waals surface area contributed by atoms with Gasteiger partial charge in [0.15, 0.2) is 5.78 Å². The average Bonchev–Trinajstić information content (AvgIpc) is 2.78. The molecule has 0 saturated heterocycles. The summed E-state index contributed by atoms with van der Waals surface area (Å²) in [5.74, 6) is -1.39. The number of carbonyl (C=O) groups excluding carboxylic acids is 2. The lowest BCUT2D eigenvalue weighted by Gasteiger charge is -2.24. The van der Waals surface area contributed by atoms with E-state index in [-0.39, 0.29) is 34.9 Å². The van der Waals surface area contributed by atoms with Gasteiger partial charge in [-0.15, -0.1) is 0 Å². The third-order valence-electron chi connectivity index (χ3n) is 5.50. The maximum absolute atomic E-state index is 12.8. The van der Waals surface area contributed by atoms with E-state index in [1.54, 1.807) is 7.11 Å². The Morgan fingerprint density at radius 1 is 1.06 bits per heavy atom. The minimum Gasteiger partial charge on any atom is -0.497 e. The van der Waals surface area contributed by atoms with Crippen LogP contribution in [0, 0.1) is 0 Å². The molecule has 3 aromatic rings. The van der Waals surface area contributed by atoms with Gasteiger partial charge in [0.25, 0.3) is 11.5 Å². The Morgan fingerprint density at radius 3 is 2.50 bits per heavy atom. The zero-order chi connectivity index (χ0) is 22.8. The average molecular weight is 432 g/mol. The second-order valence-electron chi connectivity index (χ2n) is 7.55. The van der Waals surface area contributed by atoms with E-state index < -0.39 is 17.4 Å². The number of amides is 1. The molecule has 0 unspecified atom stereocenters. The van der Waals surface area contributed by atoms with Crippen molar-refractivity contribution in [1.29, 1.82) is 0 Å². The molecular weight excluding hydrogens is 412 g/mol. The Kier molecular flexibility index (Phi) is 5.59. The summed E-state index contributed by atoms with van der Waals surface area (Å²) >= 11 is 0. The fourth-order valence-corrected chi connectivity index (χ4v) is 3.84. The van der Waals surface area contributed by atoms with Gasteiger partial charge in [-0.05, 0) is 54.3 Å². The molecule has 0 bridgehead atoms. The van der Waals surface area contributed by atoms with Crippen molar-refractivity contribution in [2.45, 2.75) is 18.8 Å². The topological polar surface area (TPSA) is 126 Å². The van der Waals surface area contributed by atoms with Crippen molar-refractivity contribution < 1.29 is 24.2 Å². The normalized spacial score (nSPS) is 15.0. The maximum atomic E-state index is 12.8. The van der Waals surface area contributed by atoms with Crippen LogP contribution in [0.1, 0.15) is 54.7 Å². The molecule has 8 heteroatoms. The lowest BCUT2D eigenvalue weighted by molar-refractivity contribution is 0.0696. The predicted molar refractivity (Wildman–Crippen MR) is 117 cm³/mol. The number of hydrogen-bond acceptors (Lipinski definition) is 5. The van der Waals surface area contributed by atoms with Gasteiger partial charge in [-0.3, -0.25) is 14.4 Å². The molecule has 1 aliphatic rings. The monoisotopic (exact) mass is 432 g/mol. The first-order chi connectivity index (χ1) is 15.4. The van der Waals surface area contributed by atoms with Gasteiger partial charge in [0, 0.05) is 23.4 Å². The molecule has 32 heavy (non-hydrogen) atoms. The fourth-order valence-electron chi connectivity index (χ4n) is 3.84. The van der Waals surface area contributed by atoms with Crippen LogP contribution >= 0.6 is 0 Å². The van der Waals surface area contributed by atoms with E-state index in [0.29, 0.717) is 23.4 Å². The standard InChI is InChI=1S/C24H20N2O6/c1-32-17-7-5-13(6-8-17)15-10-20-18(21(27)11-15)12-19(23(29)26-20)22(28)25-16-4-2-3-14(9-16)24(30)31/h2-9,12,15H,10-11H2,1H3,(H,25,28)(H,26,29)(H,30,31)/t15-/m1/s1. The zero-order valence-electron chi connectivity index (χ0n) is 17.2. The van der Waals surface area contributed by atoms with Gasteiger partial charge in [-0.2, -0.15) is 0 Å². The third kappa shape index (κ3) is 4.15. The molecule has 0 spiro atoms. The number of rotatable bonds is 5. The van der Waals surface area contributed by atoms with Crippen LogP contribution in [0.2, 0.25) is 0 Å². The third-order valence-corrected chi connectivity index (χ3v) is 5.50. The molecule has 0 radical (unpaired) electrons. The number of H-pyrrole nitrogens is 1. The van der Waals surface area contributed by atoms with Crippen molar-refractivity contribution in [3.63, 3.8) is 0 Å². The number of carbonyl (C=O) groups is 3. The number of anilines is 1. The lowest BCUT2D eigenvalue weighted by atomic mass is 9.81. The van der Waals surface area contributed by atoms with Crippen LogP contribution in [0.25, 0.3) is 0 Å². The number of methoxy groups -OCH3 is 1. The Bertz CT molecular complexity index is 1280. The molecule has 2 aromatic carbocycles. The van der Waals surface area contributed by atoms with Crippen LogP contribution < -0.4 is 15.6 Å². The number of carboxylic acids is 1. The number of pyridine rings is 1. The van der Waals surface area contributed by atoms with Crippen molar-refractivity contribution in [3.8, 4) is 5.75 Å². The zero-order valence-corrected chi connectivity index (χ0v) is 17.2. The van der Waals surface area contributed by atoms with Crippen LogP contribution in [0.3, 0.4) is 0 Å². The molecule has 0 aliphatic heterocycles. The van der Waals surface area contributed by atoms with Crippen molar-refractivity contribution in [1.82, 2.24) is 4.98 Å². The molecule has 4 rings (SSSR count). The largest absolute Gasteiger partial charge is 0.497 e. The first-order valence-electron chi connectivity index (χ1n) is 9.93. The number of Topliss-reactive ketones (excluding diaryl/α,β-unsaturated/α-hetero) is 1. The summed E-state index contributed by atoms with van der Waals surface area (Å²) in [5.41, 5.74) is 1.19.